The van der Waals surface area contributed by atoms with E-state index in [-0.39, 0.29) is 6.04 Å². The van der Waals surface area contributed by atoms with Crippen molar-refractivity contribution in [1.29, 1.82) is 0 Å². The molecule has 0 saturated heterocycles. The van der Waals surface area contributed by atoms with Crippen LogP contribution in [-0.4, -0.2) is 17.6 Å². The van der Waals surface area contributed by atoms with Crippen LogP contribution in [0.3, 0.4) is 0 Å². The number of nitrogens with zero attached hydrogens (tertiary/aromatic N) is 1. The molecule has 2 rings (SSSR count). The molecule has 1 atom stereocenters. The number of aromatic nitrogens is 1. The van der Waals surface area contributed by atoms with Crippen LogP contribution in [0.25, 0.3) is 0 Å². The maximum absolute atomic E-state index is 5.58. The first-order chi connectivity index (χ1) is 7.90. The van der Waals surface area contributed by atoms with E-state index in [0.29, 0.717) is 0 Å². The monoisotopic (exact) mass is 219 g/mol. The summed E-state index contributed by atoms with van der Waals surface area (Å²) in [4.78, 5) is 4.30. The summed E-state index contributed by atoms with van der Waals surface area (Å²) >= 11 is 0. The number of pyridine rings is 1. The zero-order chi connectivity index (χ0) is 11.2. The van der Waals surface area contributed by atoms with Gasteiger partial charge in [0.2, 0.25) is 0 Å². The standard InChI is InChI=1S/C12H17N3O/c13-15-12(10-4-3-7-16-9-10)8-11-5-1-2-6-14-11/h1-2,5-6,9,12,15H,3-4,7-8,13H2. The lowest BCUT2D eigenvalue weighted by Crippen LogP contribution is -2.39. The molecule has 0 bridgehead atoms. The highest BCUT2D eigenvalue weighted by Gasteiger charge is 2.16. The van der Waals surface area contributed by atoms with E-state index in [0.717, 1.165) is 31.6 Å². The van der Waals surface area contributed by atoms with Gasteiger partial charge in [-0.1, -0.05) is 6.07 Å². The van der Waals surface area contributed by atoms with Gasteiger partial charge in [0.1, 0.15) is 0 Å². The van der Waals surface area contributed by atoms with E-state index in [1.54, 1.807) is 6.20 Å². The van der Waals surface area contributed by atoms with E-state index in [1.807, 2.05) is 24.5 Å². The van der Waals surface area contributed by atoms with Crippen LogP contribution in [0.1, 0.15) is 18.5 Å². The number of rotatable bonds is 4. The zero-order valence-corrected chi connectivity index (χ0v) is 9.23. The van der Waals surface area contributed by atoms with Crippen LogP contribution in [0, 0.1) is 0 Å². The third-order valence-electron chi connectivity index (χ3n) is 2.75. The highest BCUT2D eigenvalue weighted by molar-refractivity contribution is 5.15. The minimum Gasteiger partial charge on any atom is -0.501 e. The van der Waals surface area contributed by atoms with Crippen molar-refractivity contribution in [3.63, 3.8) is 0 Å². The van der Waals surface area contributed by atoms with Gasteiger partial charge in [-0.25, -0.2) is 0 Å². The van der Waals surface area contributed by atoms with Gasteiger partial charge in [0.05, 0.1) is 18.9 Å². The van der Waals surface area contributed by atoms with E-state index in [4.69, 9.17) is 10.6 Å². The molecule has 1 aromatic rings. The molecule has 0 radical (unpaired) electrons. The predicted octanol–water partition coefficient (Wildman–Crippen LogP) is 1.15. The van der Waals surface area contributed by atoms with Crippen LogP contribution in [0.2, 0.25) is 0 Å². The molecule has 1 aromatic heterocycles. The molecule has 0 saturated carbocycles. The van der Waals surface area contributed by atoms with Crippen molar-refractivity contribution in [3.05, 3.63) is 41.9 Å². The Labute approximate surface area is 95.5 Å². The minimum absolute atomic E-state index is 0.121. The number of hydrogen-bond donors (Lipinski definition) is 2. The van der Waals surface area contributed by atoms with E-state index in [1.165, 1.54) is 5.57 Å². The average Bonchev–Trinajstić information content (AvgIpc) is 2.38. The van der Waals surface area contributed by atoms with Crippen LogP contribution in [0.5, 0.6) is 0 Å². The average molecular weight is 219 g/mol. The second-order valence-corrected chi connectivity index (χ2v) is 3.91. The van der Waals surface area contributed by atoms with Crippen molar-refractivity contribution >= 4 is 0 Å². The van der Waals surface area contributed by atoms with E-state index >= 15 is 0 Å². The fourth-order valence-electron chi connectivity index (χ4n) is 1.87. The van der Waals surface area contributed by atoms with Crippen LogP contribution in [0.4, 0.5) is 0 Å². The molecular formula is C12H17N3O. The Kier molecular flexibility index (Phi) is 3.91. The summed E-state index contributed by atoms with van der Waals surface area (Å²) < 4.78 is 5.32. The van der Waals surface area contributed by atoms with Crippen LogP contribution in [-0.2, 0) is 11.2 Å². The molecule has 1 aliphatic heterocycles. The summed E-state index contributed by atoms with van der Waals surface area (Å²) in [5.41, 5.74) is 5.09. The van der Waals surface area contributed by atoms with Crippen molar-refractivity contribution in [2.24, 2.45) is 5.84 Å². The molecule has 1 unspecified atom stereocenters. The first-order valence-electron chi connectivity index (χ1n) is 5.56. The normalized spacial score (nSPS) is 17.4. The molecule has 16 heavy (non-hydrogen) atoms. The van der Waals surface area contributed by atoms with Crippen LogP contribution in [0.15, 0.2) is 36.2 Å². The molecule has 1 aliphatic rings. The third-order valence-corrected chi connectivity index (χ3v) is 2.75. The molecule has 2 heterocycles. The number of nitrogens with two attached hydrogens (primary N) is 1. The molecule has 4 nitrogen and oxygen atoms in total. The number of ether oxygens (including phenoxy) is 1. The lowest BCUT2D eigenvalue weighted by Gasteiger charge is -2.22. The van der Waals surface area contributed by atoms with Gasteiger partial charge in [0.15, 0.2) is 0 Å². The molecule has 0 fully saturated rings. The minimum atomic E-state index is 0.121. The molecule has 0 spiro atoms. The van der Waals surface area contributed by atoms with Gasteiger partial charge in [-0.2, -0.15) is 0 Å². The Balaban J connectivity index is 2.03. The highest BCUT2D eigenvalue weighted by atomic mass is 16.5. The molecule has 4 heteroatoms. The maximum Gasteiger partial charge on any atom is 0.0876 e. The van der Waals surface area contributed by atoms with Gasteiger partial charge in [0, 0.05) is 18.3 Å². The Bertz CT molecular complexity index is 351. The van der Waals surface area contributed by atoms with Crippen molar-refractivity contribution in [2.75, 3.05) is 6.61 Å². The van der Waals surface area contributed by atoms with Gasteiger partial charge < -0.3 is 4.74 Å². The summed E-state index contributed by atoms with van der Waals surface area (Å²) in [5.74, 6) is 5.58. The fraction of sp³-hybridized carbons (Fsp3) is 0.417. The van der Waals surface area contributed by atoms with Gasteiger partial charge in [-0.05, 0) is 30.5 Å². The summed E-state index contributed by atoms with van der Waals surface area (Å²) in [7, 11) is 0. The summed E-state index contributed by atoms with van der Waals surface area (Å²) in [5, 5.41) is 0. The van der Waals surface area contributed by atoms with Gasteiger partial charge >= 0.3 is 0 Å². The van der Waals surface area contributed by atoms with E-state index < -0.39 is 0 Å². The lowest BCUT2D eigenvalue weighted by atomic mass is 9.98. The van der Waals surface area contributed by atoms with Crippen LogP contribution >= 0.6 is 0 Å². The Hall–Kier alpha value is -1.39. The molecule has 0 amide bonds. The number of hydrogen-bond acceptors (Lipinski definition) is 4. The molecule has 0 aliphatic carbocycles. The van der Waals surface area contributed by atoms with Crippen molar-refractivity contribution in [1.82, 2.24) is 10.4 Å². The first-order valence-corrected chi connectivity index (χ1v) is 5.56. The summed E-state index contributed by atoms with van der Waals surface area (Å²) in [6.45, 7) is 0.810. The van der Waals surface area contributed by atoms with Crippen molar-refractivity contribution < 1.29 is 4.74 Å². The van der Waals surface area contributed by atoms with E-state index in [9.17, 15) is 0 Å². The highest BCUT2D eigenvalue weighted by Crippen LogP contribution is 2.17. The van der Waals surface area contributed by atoms with Crippen LogP contribution < -0.4 is 11.3 Å². The van der Waals surface area contributed by atoms with Gasteiger partial charge in [-0.3, -0.25) is 16.3 Å². The topological polar surface area (TPSA) is 60.2 Å². The Morgan fingerprint density at radius 1 is 1.50 bits per heavy atom. The van der Waals surface area contributed by atoms with Gasteiger partial charge in [0.25, 0.3) is 0 Å². The molecular weight excluding hydrogens is 202 g/mol. The van der Waals surface area contributed by atoms with Crippen molar-refractivity contribution in [3.8, 4) is 0 Å². The molecule has 0 aromatic carbocycles. The lowest BCUT2D eigenvalue weighted by molar-refractivity contribution is 0.219. The Morgan fingerprint density at radius 3 is 3.06 bits per heavy atom. The quantitative estimate of drug-likeness (QED) is 0.589. The largest absolute Gasteiger partial charge is 0.501 e. The first kappa shape index (κ1) is 11.1. The smallest absolute Gasteiger partial charge is 0.0876 e. The predicted molar refractivity (Wildman–Crippen MR) is 62.3 cm³/mol. The SMILES string of the molecule is NNC(Cc1ccccn1)C1=COCCC1. The Morgan fingerprint density at radius 2 is 2.44 bits per heavy atom. The second kappa shape index (κ2) is 5.63. The molecule has 3 N–H and O–H groups in total. The zero-order valence-electron chi connectivity index (χ0n) is 9.23. The van der Waals surface area contributed by atoms with Gasteiger partial charge in [-0.15, -0.1) is 0 Å². The van der Waals surface area contributed by atoms with Crippen molar-refractivity contribution in [2.45, 2.75) is 25.3 Å². The fourth-order valence-corrected chi connectivity index (χ4v) is 1.87. The summed E-state index contributed by atoms with van der Waals surface area (Å²) in [6, 6.07) is 6.03. The second-order valence-electron chi connectivity index (χ2n) is 3.91. The summed E-state index contributed by atoms with van der Waals surface area (Å²) in [6.07, 6.45) is 6.53. The van der Waals surface area contributed by atoms with E-state index in [2.05, 4.69) is 10.4 Å². The molecule has 86 valence electrons. The number of hydrazine groups is 1. The maximum atomic E-state index is 5.58. The number of nitrogens with one attached hydrogen (secondary N) is 1. The third kappa shape index (κ3) is 2.81.